The Bertz CT molecular complexity index is 434. The molecule has 0 amide bonds. The van der Waals surface area contributed by atoms with Crippen molar-refractivity contribution in [3.05, 3.63) is 35.1 Å². The molecule has 0 radical (unpaired) electrons. The van der Waals surface area contributed by atoms with Gasteiger partial charge in [0, 0.05) is 23.0 Å². The molecule has 6 heteroatoms. The SMILES string of the molecule is CC(N[S@+]([O-])C(C)(C)C)c1cc(F)c(F)cc1F. The fourth-order valence-electron chi connectivity index (χ4n) is 1.27. The third-order valence-corrected chi connectivity index (χ3v) is 4.03. The van der Waals surface area contributed by atoms with Crippen molar-refractivity contribution in [2.24, 2.45) is 0 Å². The van der Waals surface area contributed by atoms with Crippen molar-refractivity contribution in [1.82, 2.24) is 4.72 Å². The highest BCUT2D eigenvalue weighted by atomic mass is 32.2. The van der Waals surface area contributed by atoms with Gasteiger partial charge in [-0.15, -0.1) is 4.72 Å². The van der Waals surface area contributed by atoms with Crippen LogP contribution in [0.1, 0.15) is 39.3 Å². The lowest BCUT2D eigenvalue weighted by atomic mass is 10.1. The van der Waals surface area contributed by atoms with Gasteiger partial charge in [0.2, 0.25) is 0 Å². The molecule has 2 atom stereocenters. The number of rotatable bonds is 3. The number of halogens is 3. The molecule has 0 aliphatic carbocycles. The number of hydrogen-bond donors (Lipinski definition) is 1. The topological polar surface area (TPSA) is 35.1 Å². The van der Waals surface area contributed by atoms with E-state index in [1.807, 2.05) is 0 Å². The monoisotopic (exact) mass is 279 g/mol. The van der Waals surface area contributed by atoms with E-state index < -0.39 is 39.6 Å². The van der Waals surface area contributed by atoms with Crippen molar-refractivity contribution in [2.45, 2.75) is 38.5 Å². The van der Waals surface area contributed by atoms with Crippen LogP contribution < -0.4 is 4.72 Å². The quantitative estimate of drug-likeness (QED) is 0.681. The van der Waals surface area contributed by atoms with Gasteiger partial charge in [-0.05, 0) is 33.8 Å². The lowest BCUT2D eigenvalue weighted by Gasteiger charge is -2.26. The second kappa shape index (κ2) is 5.50. The first-order chi connectivity index (χ1) is 8.12. The molecule has 0 heterocycles. The van der Waals surface area contributed by atoms with Gasteiger partial charge in [-0.25, -0.2) is 13.2 Å². The summed E-state index contributed by atoms with van der Waals surface area (Å²) in [5, 5.41) is 0. The molecule has 0 saturated heterocycles. The zero-order chi connectivity index (χ0) is 14.1. The van der Waals surface area contributed by atoms with Crippen molar-refractivity contribution in [3.8, 4) is 0 Å². The van der Waals surface area contributed by atoms with E-state index in [1.54, 1.807) is 27.7 Å². The van der Waals surface area contributed by atoms with Gasteiger partial charge < -0.3 is 4.55 Å². The summed E-state index contributed by atoms with van der Waals surface area (Å²) in [7, 11) is 0. The summed E-state index contributed by atoms with van der Waals surface area (Å²) in [6, 6.07) is 0.588. The van der Waals surface area contributed by atoms with Crippen molar-refractivity contribution in [1.29, 1.82) is 0 Å². The summed E-state index contributed by atoms with van der Waals surface area (Å²) >= 11 is -1.42. The highest BCUT2D eigenvalue weighted by molar-refractivity contribution is 7.90. The lowest BCUT2D eigenvalue weighted by molar-refractivity contribution is 0.480. The molecule has 1 N–H and O–H groups in total. The second-order valence-corrected chi connectivity index (χ2v) is 7.01. The van der Waals surface area contributed by atoms with Crippen LogP contribution in [0.2, 0.25) is 0 Å². The molecule has 1 rings (SSSR count). The lowest BCUT2D eigenvalue weighted by Crippen LogP contribution is -2.40. The highest BCUT2D eigenvalue weighted by Gasteiger charge is 2.29. The van der Waals surface area contributed by atoms with Crippen LogP contribution in [0.25, 0.3) is 0 Å². The summed E-state index contributed by atoms with van der Waals surface area (Å²) in [5.41, 5.74) is -0.0495. The van der Waals surface area contributed by atoms with Crippen LogP contribution in [0.3, 0.4) is 0 Å². The largest absolute Gasteiger partial charge is 0.598 e. The zero-order valence-electron chi connectivity index (χ0n) is 10.7. The number of nitrogens with one attached hydrogen (secondary N) is 1. The molecule has 0 aliphatic heterocycles. The van der Waals surface area contributed by atoms with Crippen LogP contribution in [-0.4, -0.2) is 9.30 Å². The van der Waals surface area contributed by atoms with E-state index in [0.717, 1.165) is 6.07 Å². The maximum atomic E-state index is 13.5. The standard InChI is InChI=1S/C12H16F3NOS/c1-7(16-18(17)12(2,3)4)8-5-10(14)11(15)6-9(8)13/h5-7,16H,1-4H3/t7?,18-/m1/s1. The zero-order valence-corrected chi connectivity index (χ0v) is 11.5. The second-order valence-electron chi connectivity index (χ2n) is 5.01. The average Bonchev–Trinajstić information content (AvgIpc) is 2.21. The first kappa shape index (κ1) is 15.3. The Morgan fingerprint density at radius 2 is 1.61 bits per heavy atom. The minimum absolute atomic E-state index is 0.0495. The molecule has 1 aromatic carbocycles. The summed E-state index contributed by atoms with van der Waals surface area (Å²) < 4.78 is 53.3. The Kier molecular flexibility index (Phi) is 4.69. The van der Waals surface area contributed by atoms with E-state index in [2.05, 4.69) is 4.72 Å². The third-order valence-electron chi connectivity index (χ3n) is 2.35. The average molecular weight is 279 g/mol. The van der Waals surface area contributed by atoms with Gasteiger partial charge in [-0.1, -0.05) is 0 Å². The van der Waals surface area contributed by atoms with Crippen molar-refractivity contribution >= 4 is 11.4 Å². The molecule has 0 saturated carbocycles. The van der Waals surface area contributed by atoms with Crippen LogP contribution >= 0.6 is 0 Å². The Morgan fingerprint density at radius 1 is 1.11 bits per heavy atom. The highest BCUT2D eigenvalue weighted by Crippen LogP contribution is 2.23. The van der Waals surface area contributed by atoms with Crippen molar-refractivity contribution < 1.29 is 17.7 Å². The van der Waals surface area contributed by atoms with Crippen LogP contribution in [0.4, 0.5) is 13.2 Å². The summed E-state index contributed by atoms with van der Waals surface area (Å²) in [5.74, 6) is -3.22. The van der Waals surface area contributed by atoms with E-state index in [4.69, 9.17) is 0 Å². The molecule has 18 heavy (non-hydrogen) atoms. The maximum absolute atomic E-state index is 13.5. The smallest absolute Gasteiger partial charge is 0.161 e. The molecule has 1 aromatic rings. The molecule has 0 fully saturated rings. The molecular formula is C12H16F3NOS. The molecule has 0 aromatic heterocycles. The summed E-state index contributed by atoms with van der Waals surface area (Å²) in [6.45, 7) is 6.80. The van der Waals surface area contributed by atoms with Gasteiger partial charge in [-0.3, -0.25) is 0 Å². The van der Waals surface area contributed by atoms with E-state index in [9.17, 15) is 17.7 Å². The maximum Gasteiger partial charge on any atom is 0.161 e. The predicted molar refractivity (Wildman–Crippen MR) is 65.8 cm³/mol. The molecule has 0 spiro atoms. The fraction of sp³-hybridized carbons (Fsp3) is 0.500. The van der Waals surface area contributed by atoms with Crippen LogP contribution in [0.15, 0.2) is 12.1 Å². The minimum Gasteiger partial charge on any atom is -0.598 e. The van der Waals surface area contributed by atoms with Gasteiger partial charge in [0.05, 0.1) is 6.04 Å². The molecule has 102 valence electrons. The van der Waals surface area contributed by atoms with Gasteiger partial charge in [-0.2, -0.15) is 0 Å². The van der Waals surface area contributed by atoms with Crippen LogP contribution in [-0.2, 0) is 11.4 Å². The first-order valence-electron chi connectivity index (χ1n) is 5.45. The minimum atomic E-state index is -1.42. The molecular weight excluding hydrogens is 263 g/mol. The van der Waals surface area contributed by atoms with Crippen LogP contribution in [0, 0.1) is 17.5 Å². The molecule has 2 nitrogen and oxygen atoms in total. The third kappa shape index (κ3) is 3.63. The van der Waals surface area contributed by atoms with Gasteiger partial charge in [0.25, 0.3) is 0 Å². The van der Waals surface area contributed by atoms with Gasteiger partial charge in [0.15, 0.2) is 11.6 Å². The van der Waals surface area contributed by atoms with Crippen LogP contribution in [0.5, 0.6) is 0 Å². The van der Waals surface area contributed by atoms with Crippen molar-refractivity contribution in [2.75, 3.05) is 0 Å². The molecule has 0 aliphatic rings. The van der Waals surface area contributed by atoms with E-state index in [1.165, 1.54) is 0 Å². The Hall–Kier alpha value is -0.720. The number of hydrogen-bond acceptors (Lipinski definition) is 2. The van der Waals surface area contributed by atoms with Gasteiger partial charge >= 0.3 is 0 Å². The predicted octanol–water partition coefficient (Wildman–Crippen LogP) is 3.22. The number of benzene rings is 1. The Labute approximate surface area is 108 Å². The first-order valence-corrected chi connectivity index (χ1v) is 6.60. The summed E-state index contributed by atoms with van der Waals surface area (Å²) in [6.07, 6.45) is 0. The van der Waals surface area contributed by atoms with E-state index in [-0.39, 0.29) is 5.56 Å². The molecule has 0 bridgehead atoms. The van der Waals surface area contributed by atoms with E-state index >= 15 is 0 Å². The fourth-order valence-corrected chi connectivity index (χ4v) is 2.07. The Balaban J connectivity index is 2.91. The Morgan fingerprint density at radius 3 is 2.11 bits per heavy atom. The van der Waals surface area contributed by atoms with Crippen molar-refractivity contribution in [3.63, 3.8) is 0 Å². The van der Waals surface area contributed by atoms with E-state index in [0.29, 0.717) is 6.07 Å². The normalized spacial score (nSPS) is 15.6. The van der Waals surface area contributed by atoms with Gasteiger partial charge in [0.1, 0.15) is 10.6 Å². The molecule has 1 unspecified atom stereocenters. The summed E-state index contributed by atoms with van der Waals surface area (Å²) in [4.78, 5) is 0.